The van der Waals surface area contributed by atoms with Crippen LogP contribution >= 0.6 is 27.5 Å². The molecule has 5 aromatic rings. The van der Waals surface area contributed by atoms with E-state index in [-0.39, 0.29) is 30.4 Å². The number of phenolic OH excluding ortho intramolecular Hbond substituents is 1. The van der Waals surface area contributed by atoms with Crippen molar-refractivity contribution in [1.82, 2.24) is 0 Å². The van der Waals surface area contributed by atoms with Crippen molar-refractivity contribution in [3.63, 3.8) is 0 Å². The molecule has 2 saturated heterocycles. The molecule has 4 aliphatic rings. The van der Waals surface area contributed by atoms with Gasteiger partial charge >= 0.3 is 0 Å². The number of fused-ring (bicyclic) bond motifs is 5. The van der Waals surface area contributed by atoms with Crippen LogP contribution in [0.2, 0.25) is 5.02 Å². The predicted octanol–water partition coefficient (Wildman–Crippen LogP) is 8.33. The van der Waals surface area contributed by atoms with Crippen LogP contribution in [0.3, 0.4) is 0 Å². The van der Waals surface area contributed by atoms with Gasteiger partial charge < -0.3 is 5.11 Å². The Morgan fingerprint density at radius 1 is 0.725 bits per heavy atom. The number of aromatic hydroxyl groups is 1. The summed E-state index contributed by atoms with van der Waals surface area (Å²) in [6.07, 6.45) is 2.46. The van der Waals surface area contributed by atoms with Crippen LogP contribution in [0.15, 0.2) is 131 Å². The van der Waals surface area contributed by atoms with Crippen molar-refractivity contribution < 1.29 is 24.3 Å². The van der Waals surface area contributed by atoms with Crippen molar-refractivity contribution in [2.75, 3.05) is 9.80 Å². The number of amides is 4. The van der Waals surface area contributed by atoms with Crippen LogP contribution in [0.4, 0.5) is 11.4 Å². The van der Waals surface area contributed by atoms with Crippen LogP contribution in [-0.4, -0.2) is 28.7 Å². The number of rotatable bonds is 4. The standard InChI is InChI=1S/C42H30BrClN2O5/c43-25-14-16-27(17-15-25)45-38(48)31-19-18-30-32(35(31)40(45)50)22-33-39(49)46(28-11-6-10-26(44)21-28)41(51)42(33,24-8-2-1-3-9-24)37(30)36-29-12-5-4-7-23(29)13-20-34(36)47/h1-18,20-21,31-33,35,37,47H,19,22H2. The molecule has 2 aliphatic carbocycles. The van der Waals surface area contributed by atoms with E-state index in [1.165, 1.54) is 9.80 Å². The first-order valence-corrected chi connectivity index (χ1v) is 18.1. The summed E-state index contributed by atoms with van der Waals surface area (Å²) in [6.45, 7) is 0. The van der Waals surface area contributed by atoms with E-state index in [1.54, 1.807) is 54.6 Å². The maximum Gasteiger partial charge on any atom is 0.246 e. The first-order valence-electron chi connectivity index (χ1n) is 16.9. The number of imide groups is 2. The largest absolute Gasteiger partial charge is 0.508 e. The SMILES string of the molecule is O=C1C2CC=C3C(CC4C(=O)N(c5cccc(Cl)c5)C(=O)C4(c4ccccc4)C3c3c(O)ccc4ccccc34)C2C(=O)N1c1ccc(Br)cc1. The zero-order chi connectivity index (χ0) is 35.2. The van der Waals surface area contributed by atoms with Crippen molar-refractivity contribution in [2.24, 2.45) is 23.7 Å². The maximum absolute atomic E-state index is 15.5. The van der Waals surface area contributed by atoms with Crippen molar-refractivity contribution in [2.45, 2.75) is 24.2 Å². The molecule has 51 heavy (non-hydrogen) atoms. The van der Waals surface area contributed by atoms with Crippen molar-refractivity contribution in [3.8, 4) is 5.75 Å². The van der Waals surface area contributed by atoms with Crippen LogP contribution in [0.5, 0.6) is 5.75 Å². The van der Waals surface area contributed by atoms with Gasteiger partial charge in [0, 0.05) is 21.0 Å². The minimum atomic E-state index is -1.49. The zero-order valence-corrected chi connectivity index (χ0v) is 29.4. The first kappa shape index (κ1) is 31.9. The molecule has 6 unspecified atom stereocenters. The van der Waals surface area contributed by atoms with Gasteiger partial charge in [-0.15, -0.1) is 0 Å². The molecule has 4 amide bonds. The van der Waals surface area contributed by atoms with E-state index in [2.05, 4.69) is 15.9 Å². The summed E-state index contributed by atoms with van der Waals surface area (Å²) >= 11 is 9.87. The fourth-order valence-electron chi connectivity index (χ4n) is 9.49. The molecule has 252 valence electrons. The molecule has 2 aliphatic heterocycles. The summed E-state index contributed by atoms with van der Waals surface area (Å²) in [7, 11) is 0. The minimum Gasteiger partial charge on any atom is -0.508 e. The van der Waals surface area contributed by atoms with Gasteiger partial charge in [-0.1, -0.05) is 106 Å². The molecule has 0 spiro atoms. The summed E-state index contributed by atoms with van der Waals surface area (Å²) in [6, 6.07) is 34.2. The number of hydrogen-bond donors (Lipinski definition) is 1. The molecule has 3 fully saturated rings. The van der Waals surface area contributed by atoms with Gasteiger partial charge in [-0.2, -0.15) is 0 Å². The molecule has 0 bridgehead atoms. The molecule has 7 nitrogen and oxygen atoms in total. The summed E-state index contributed by atoms with van der Waals surface area (Å²) in [4.78, 5) is 61.7. The Labute approximate surface area is 307 Å². The Morgan fingerprint density at radius 3 is 2.24 bits per heavy atom. The number of phenols is 1. The number of hydrogen-bond acceptors (Lipinski definition) is 5. The molecule has 5 aromatic carbocycles. The third-order valence-electron chi connectivity index (χ3n) is 11.5. The summed E-state index contributed by atoms with van der Waals surface area (Å²) < 4.78 is 0.822. The molecule has 6 atom stereocenters. The quantitative estimate of drug-likeness (QED) is 0.147. The Morgan fingerprint density at radius 2 is 1.47 bits per heavy atom. The second kappa shape index (κ2) is 11.8. The van der Waals surface area contributed by atoms with Crippen LogP contribution in [-0.2, 0) is 24.6 Å². The Balaban J connectivity index is 1.31. The fraction of sp³-hybridized carbons (Fsp3) is 0.190. The normalized spacial score (nSPS) is 27.0. The molecule has 0 aromatic heterocycles. The topological polar surface area (TPSA) is 95.0 Å². The Kier molecular flexibility index (Phi) is 7.35. The summed E-state index contributed by atoms with van der Waals surface area (Å²) in [5.41, 5.74) is 1.30. The number of benzene rings is 5. The summed E-state index contributed by atoms with van der Waals surface area (Å²) in [5.74, 6) is -5.14. The molecule has 2 heterocycles. The molecule has 9 rings (SSSR count). The Bertz CT molecular complexity index is 2340. The third-order valence-corrected chi connectivity index (χ3v) is 12.3. The molecular formula is C42H30BrClN2O5. The van der Waals surface area contributed by atoms with Gasteiger partial charge in [-0.25, -0.2) is 4.90 Å². The lowest BCUT2D eigenvalue weighted by Crippen LogP contribution is -2.53. The highest BCUT2D eigenvalue weighted by Crippen LogP contribution is 2.66. The number of anilines is 2. The number of halogens is 2. The van der Waals surface area contributed by atoms with Gasteiger partial charge in [0.2, 0.25) is 23.6 Å². The second-order valence-electron chi connectivity index (χ2n) is 13.8. The van der Waals surface area contributed by atoms with Crippen LogP contribution < -0.4 is 9.80 Å². The molecule has 1 saturated carbocycles. The van der Waals surface area contributed by atoms with Gasteiger partial charge in [-0.05, 0) is 83.6 Å². The lowest BCUT2D eigenvalue weighted by molar-refractivity contribution is -0.127. The van der Waals surface area contributed by atoms with Gasteiger partial charge in [0.1, 0.15) is 5.75 Å². The average Bonchev–Trinajstić information content (AvgIpc) is 3.53. The van der Waals surface area contributed by atoms with Crippen LogP contribution in [0.1, 0.15) is 29.9 Å². The van der Waals surface area contributed by atoms with E-state index in [1.807, 2.05) is 66.7 Å². The van der Waals surface area contributed by atoms with E-state index < -0.39 is 46.8 Å². The first-order chi connectivity index (χ1) is 24.7. The van der Waals surface area contributed by atoms with E-state index in [4.69, 9.17) is 11.6 Å². The molecular weight excluding hydrogens is 728 g/mol. The van der Waals surface area contributed by atoms with Crippen molar-refractivity contribution in [1.29, 1.82) is 0 Å². The van der Waals surface area contributed by atoms with Gasteiger partial charge in [-0.3, -0.25) is 24.1 Å². The van der Waals surface area contributed by atoms with Crippen LogP contribution in [0, 0.1) is 23.7 Å². The third kappa shape index (κ3) is 4.49. The van der Waals surface area contributed by atoms with Gasteiger partial charge in [0.15, 0.2) is 0 Å². The van der Waals surface area contributed by atoms with E-state index in [9.17, 15) is 14.7 Å². The highest BCUT2D eigenvalue weighted by Gasteiger charge is 2.70. The zero-order valence-electron chi connectivity index (χ0n) is 27.1. The molecule has 0 radical (unpaired) electrons. The monoisotopic (exact) mass is 756 g/mol. The number of allylic oxidation sites excluding steroid dienone is 2. The summed E-state index contributed by atoms with van der Waals surface area (Å²) in [5, 5.41) is 13.9. The second-order valence-corrected chi connectivity index (χ2v) is 15.2. The van der Waals surface area contributed by atoms with Gasteiger partial charge in [0.25, 0.3) is 0 Å². The lowest BCUT2D eigenvalue weighted by atomic mass is 9.48. The highest BCUT2D eigenvalue weighted by atomic mass is 79.9. The lowest BCUT2D eigenvalue weighted by Gasteiger charge is -2.51. The Hall–Kier alpha value is -5.05. The van der Waals surface area contributed by atoms with Crippen molar-refractivity contribution in [3.05, 3.63) is 148 Å². The smallest absolute Gasteiger partial charge is 0.246 e. The van der Waals surface area contributed by atoms with Crippen molar-refractivity contribution >= 4 is 73.3 Å². The predicted molar refractivity (Wildman–Crippen MR) is 198 cm³/mol. The highest BCUT2D eigenvalue weighted by molar-refractivity contribution is 9.10. The molecule has 1 N–H and O–H groups in total. The molecule has 9 heteroatoms. The van der Waals surface area contributed by atoms with E-state index in [0.717, 1.165) is 20.8 Å². The van der Waals surface area contributed by atoms with Crippen LogP contribution in [0.25, 0.3) is 10.8 Å². The number of carbonyl (C=O) groups is 4. The number of carbonyl (C=O) groups excluding carboxylic acids is 4. The van der Waals surface area contributed by atoms with Gasteiger partial charge in [0.05, 0.1) is 34.5 Å². The maximum atomic E-state index is 15.5. The average molecular weight is 758 g/mol. The minimum absolute atomic E-state index is 0.0109. The van der Waals surface area contributed by atoms with E-state index >= 15 is 9.59 Å². The number of nitrogens with zero attached hydrogens (tertiary/aromatic N) is 2. The fourth-order valence-corrected chi connectivity index (χ4v) is 9.94. The van der Waals surface area contributed by atoms with E-state index in [0.29, 0.717) is 27.5 Å².